The Morgan fingerprint density at radius 2 is 2.36 bits per heavy atom. The Bertz CT molecular complexity index is 190. The van der Waals surface area contributed by atoms with Crippen molar-refractivity contribution in [3.05, 3.63) is 0 Å². The highest BCUT2D eigenvalue weighted by Gasteiger charge is 2.28. The van der Waals surface area contributed by atoms with Crippen LogP contribution in [0.4, 0.5) is 0 Å². The topological polar surface area (TPSA) is 55.6 Å². The summed E-state index contributed by atoms with van der Waals surface area (Å²) in [4.78, 5) is 13.4. The molecular weight excluding hydrogens is 204 g/mol. The predicted octanol–water partition coefficient (Wildman–Crippen LogP) is 0.393. The molecule has 0 spiro atoms. The van der Waals surface area contributed by atoms with E-state index in [0.29, 0.717) is 13.0 Å². The lowest BCUT2D eigenvalue weighted by atomic mass is 10.2. The van der Waals surface area contributed by atoms with Crippen LogP contribution < -0.4 is 5.73 Å². The van der Waals surface area contributed by atoms with Gasteiger partial charge in [-0.3, -0.25) is 4.79 Å². The second kappa shape index (κ2) is 6.22. The largest absolute Gasteiger partial charge is 0.380 e. The molecule has 0 bridgehead atoms. The highest BCUT2D eigenvalue weighted by Crippen LogP contribution is 2.12. The van der Waals surface area contributed by atoms with Crippen molar-refractivity contribution < 1.29 is 9.53 Å². The second-order valence-corrected chi connectivity index (χ2v) is 3.45. The molecule has 0 saturated carbocycles. The van der Waals surface area contributed by atoms with Gasteiger partial charge < -0.3 is 15.4 Å². The number of likely N-dealkylation sites (tertiary alicyclic amines) is 1. The fourth-order valence-electron chi connectivity index (χ4n) is 1.53. The number of nitrogens with two attached hydrogens (primary N) is 1. The van der Waals surface area contributed by atoms with E-state index in [1.165, 1.54) is 0 Å². The lowest BCUT2D eigenvalue weighted by molar-refractivity contribution is -0.132. The summed E-state index contributed by atoms with van der Waals surface area (Å²) in [5.74, 6) is 0.0575. The van der Waals surface area contributed by atoms with Crippen LogP contribution >= 0.6 is 12.4 Å². The molecule has 1 heterocycles. The average Bonchev–Trinajstić information content (AvgIpc) is 2.63. The summed E-state index contributed by atoms with van der Waals surface area (Å²) in [5, 5.41) is 0. The zero-order valence-electron chi connectivity index (χ0n) is 8.73. The number of carbonyl (C=O) groups is 1. The van der Waals surface area contributed by atoms with E-state index in [2.05, 4.69) is 0 Å². The number of nitrogens with zero attached hydrogens (tertiary/aromatic N) is 1. The molecule has 1 aliphatic rings. The molecule has 4 nitrogen and oxygen atoms in total. The summed E-state index contributed by atoms with van der Waals surface area (Å²) in [7, 11) is 1.68. The number of amides is 1. The van der Waals surface area contributed by atoms with Crippen LogP contribution in [0, 0.1) is 0 Å². The van der Waals surface area contributed by atoms with Gasteiger partial charge in [0.05, 0.1) is 12.1 Å². The first-order valence-electron chi connectivity index (χ1n) is 4.76. The van der Waals surface area contributed by atoms with E-state index in [-0.39, 0.29) is 30.5 Å². The summed E-state index contributed by atoms with van der Waals surface area (Å²) in [6.07, 6.45) is 1.83. The van der Waals surface area contributed by atoms with Crippen molar-refractivity contribution in [1.82, 2.24) is 4.90 Å². The minimum absolute atomic E-state index is 0. The maximum absolute atomic E-state index is 11.6. The molecule has 1 fully saturated rings. The van der Waals surface area contributed by atoms with Crippen LogP contribution in [0.15, 0.2) is 0 Å². The van der Waals surface area contributed by atoms with E-state index in [0.717, 1.165) is 13.0 Å². The minimum atomic E-state index is -0.337. The van der Waals surface area contributed by atoms with Gasteiger partial charge >= 0.3 is 0 Å². The first-order chi connectivity index (χ1) is 6.19. The Balaban J connectivity index is 0.00000169. The Morgan fingerprint density at radius 1 is 1.71 bits per heavy atom. The summed E-state index contributed by atoms with van der Waals surface area (Å²) in [6.45, 7) is 3.40. The highest BCUT2D eigenvalue weighted by molar-refractivity contribution is 5.85. The van der Waals surface area contributed by atoms with Crippen molar-refractivity contribution in [3.63, 3.8) is 0 Å². The van der Waals surface area contributed by atoms with E-state index in [9.17, 15) is 4.79 Å². The molecule has 1 amide bonds. The molecule has 0 aromatic rings. The molecule has 5 heteroatoms. The average molecular weight is 223 g/mol. The van der Waals surface area contributed by atoms with E-state index in [1.807, 2.05) is 6.92 Å². The number of rotatable bonds is 3. The van der Waals surface area contributed by atoms with Crippen LogP contribution in [0.3, 0.4) is 0 Å². The van der Waals surface area contributed by atoms with Crippen molar-refractivity contribution in [2.45, 2.75) is 31.9 Å². The van der Waals surface area contributed by atoms with Crippen LogP contribution in [-0.4, -0.2) is 43.2 Å². The molecule has 2 N–H and O–H groups in total. The molecule has 0 aromatic carbocycles. The number of ether oxygens (including phenoxy) is 1. The van der Waals surface area contributed by atoms with E-state index in [4.69, 9.17) is 10.5 Å². The second-order valence-electron chi connectivity index (χ2n) is 3.45. The Labute approximate surface area is 91.2 Å². The van der Waals surface area contributed by atoms with Crippen LogP contribution in [0.25, 0.3) is 0 Å². The number of hydrogen-bond acceptors (Lipinski definition) is 3. The third kappa shape index (κ3) is 3.12. The van der Waals surface area contributed by atoms with Crippen molar-refractivity contribution in [1.29, 1.82) is 0 Å². The van der Waals surface area contributed by atoms with Gasteiger partial charge in [0.2, 0.25) is 5.91 Å². The van der Waals surface area contributed by atoms with Crippen molar-refractivity contribution in [2.75, 3.05) is 20.2 Å². The fraction of sp³-hybridized carbons (Fsp3) is 0.889. The predicted molar refractivity (Wildman–Crippen MR) is 57.5 cm³/mol. The summed E-state index contributed by atoms with van der Waals surface area (Å²) < 4.78 is 5.17. The maximum Gasteiger partial charge on any atom is 0.239 e. The lowest BCUT2D eigenvalue weighted by Gasteiger charge is -2.19. The van der Waals surface area contributed by atoms with E-state index in [1.54, 1.807) is 12.0 Å². The summed E-state index contributed by atoms with van der Waals surface area (Å²) in [6, 6.07) is -0.337. The zero-order valence-corrected chi connectivity index (χ0v) is 9.55. The van der Waals surface area contributed by atoms with Crippen molar-refractivity contribution in [2.24, 2.45) is 5.73 Å². The number of carbonyl (C=O) groups excluding carboxylic acids is 1. The maximum atomic E-state index is 11.6. The molecular formula is C9H19ClN2O2. The highest BCUT2D eigenvalue weighted by atomic mass is 35.5. The van der Waals surface area contributed by atoms with Crippen LogP contribution in [-0.2, 0) is 9.53 Å². The quantitative estimate of drug-likeness (QED) is 0.752. The third-order valence-electron chi connectivity index (χ3n) is 2.55. The van der Waals surface area contributed by atoms with Crippen molar-refractivity contribution in [3.8, 4) is 0 Å². The molecule has 14 heavy (non-hydrogen) atoms. The molecule has 0 radical (unpaired) electrons. The monoisotopic (exact) mass is 222 g/mol. The Hall–Kier alpha value is -0.320. The minimum Gasteiger partial charge on any atom is -0.380 e. The number of halogens is 1. The fourth-order valence-corrected chi connectivity index (χ4v) is 1.53. The Morgan fingerprint density at radius 3 is 2.79 bits per heavy atom. The van der Waals surface area contributed by atoms with Crippen LogP contribution in [0.1, 0.15) is 19.8 Å². The summed E-state index contributed by atoms with van der Waals surface area (Å²) in [5.41, 5.74) is 5.65. The molecule has 1 rings (SSSR count). The lowest BCUT2D eigenvalue weighted by Crippen LogP contribution is -2.42. The Kier molecular flexibility index (Phi) is 6.08. The van der Waals surface area contributed by atoms with Crippen molar-refractivity contribution >= 4 is 18.3 Å². The first-order valence-corrected chi connectivity index (χ1v) is 4.76. The van der Waals surface area contributed by atoms with Gasteiger partial charge in [-0.25, -0.2) is 0 Å². The molecule has 0 aromatic heterocycles. The van der Waals surface area contributed by atoms with Gasteiger partial charge in [-0.15, -0.1) is 12.4 Å². The van der Waals surface area contributed by atoms with Gasteiger partial charge in [0, 0.05) is 20.2 Å². The SMILES string of the molecule is CCC(N)C(=O)N1CCC(OC)C1.Cl. The van der Waals surface area contributed by atoms with E-state index < -0.39 is 0 Å². The summed E-state index contributed by atoms with van der Waals surface area (Å²) >= 11 is 0. The van der Waals surface area contributed by atoms with Crippen LogP contribution in [0.2, 0.25) is 0 Å². The normalized spacial score (nSPS) is 23.1. The number of hydrogen-bond donors (Lipinski definition) is 1. The molecule has 0 aliphatic carbocycles. The molecule has 2 unspecified atom stereocenters. The molecule has 1 saturated heterocycles. The van der Waals surface area contributed by atoms with Crippen LogP contribution in [0.5, 0.6) is 0 Å². The third-order valence-corrected chi connectivity index (χ3v) is 2.55. The van der Waals surface area contributed by atoms with E-state index >= 15 is 0 Å². The number of methoxy groups -OCH3 is 1. The van der Waals surface area contributed by atoms with Gasteiger partial charge in [0.1, 0.15) is 0 Å². The van der Waals surface area contributed by atoms with Gasteiger partial charge in [0.15, 0.2) is 0 Å². The molecule has 84 valence electrons. The van der Waals surface area contributed by atoms with Gasteiger partial charge in [0.25, 0.3) is 0 Å². The van der Waals surface area contributed by atoms with Gasteiger partial charge in [-0.1, -0.05) is 6.92 Å². The smallest absolute Gasteiger partial charge is 0.239 e. The zero-order chi connectivity index (χ0) is 9.84. The standard InChI is InChI=1S/C9H18N2O2.ClH/c1-3-8(10)9(12)11-5-4-7(6-11)13-2;/h7-8H,3-6,10H2,1-2H3;1H. The van der Waals surface area contributed by atoms with Gasteiger partial charge in [-0.2, -0.15) is 0 Å². The van der Waals surface area contributed by atoms with Gasteiger partial charge in [-0.05, 0) is 12.8 Å². The first kappa shape index (κ1) is 13.7. The molecule has 2 atom stereocenters. The molecule has 1 aliphatic heterocycles.